The van der Waals surface area contributed by atoms with E-state index in [2.05, 4.69) is 4.98 Å². The molecule has 0 atom stereocenters. The molecule has 0 radical (unpaired) electrons. The first kappa shape index (κ1) is 18.6. The van der Waals surface area contributed by atoms with Gasteiger partial charge < -0.3 is 0 Å². The van der Waals surface area contributed by atoms with Gasteiger partial charge in [0.15, 0.2) is 0 Å². The molecule has 4 rings (SSSR count). The quantitative estimate of drug-likeness (QED) is 0.350. The molecule has 0 bridgehead atoms. The van der Waals surface area contributed by atoms with E-state index in [9.17, 15) is 14.9 Å². The summed E-state index contributed by atoms with van der Waals surface area (Å²) in [4.78, 5) is 28.3. The lowest BCUT2D eigenvalue weighted by Crippen LogP contribution is -2.22. The number of para-hydroxylation sites is 1. The minimum absolute atomic E-state index is 0.00582. The molecule has 1 heterocycles. The van der Waals surface area contributed by atoms with E-state index in [-0.39, 0.29) is 11.2 Å². The van der Waals surface area contributed by atoms with Crippen molar-refractivity contribution < 1.29 is 4.92 Å². The molecule has 0 spiro atoms. The highest BCUT2D eigenvalue weighted by molar-refractivity contribution is 6.30. The Hall–Kier alpha value is -3.77. The summed E-state index contributed by atoms with van der Waals surface area (Å²) in [5.74, 6) is 0.405. The molecule has 0 N–H and O–H groups in total. The first-order chi connectivity index (χ1) is 14.0. The van der Waals surface area contributed by atoms with Crippen molar-refractivity contribution in [3.63, 3.8) is 0 Å². The second-order valence-corrected chi connectivity index (χ2v) is 6.73. The highest BCUT2D eigenvalue weighted by Gasteiger charge is 2.11. The van der Waals surface area contributed by atoms with Gasteiger partial charge in [-0.15, -0.1) is 0 Å². The molecular formula is C22H14ClN3O3. The zero-order valence-corrected chi connectivity index (χ0v) is 15.8. The number of nitro groups is 1. The molecular weight excluding hydrogens is 390 g/mol. The maximum Gasteiger partial charge on any atom is 0.270 e. The van der Waals surface area contributed by atoms with Crippen LogP contribution in [0, 0.1) is 10.1 Å². The largest absolute Gasteiger partial charge is 0.270 e. The van der Waals surface area contributed by atoms with Crippen LogP contribution in [-0.2, 0) is 0 Å². The number of rotatable bonds is 4. The van der Waals surface area contributed by atoms with E-state index >= 15 is 0 Å². The molecule has 0 amide bonds. The Balaban J connectivity index is 1.90. The predicted molar refractivity (Wildman–Crippen MR) is 114 cm³/mol. The van der Waals surface area contributed by atoms with Gasteiger partial charge in [-0.05, 0) is 48.0 Å². The normalized spacial score (nSPS) is 11.2. The van der Waals surface area contributed by atoms with Crippen LogP contribution in [0.1, 0.15) is 11.4 Å². The Morgan fingerprint density at radius 2 is 1.72 bits per heavy atom. The zero-order chi connectivity index (χ0) is 20.4. The van der Waals surface area contributed by atoms with Gasteiger partial charge in [-0.25, -0.2) is 4.98 Å². The van der Waals surface area contributed by atoms with Crippen LogP contribution in [0.15, 0.2) is 77.6 Å². The molecule has 0 aliphatic heterocycles. The lowest BCUT2D eigenvalue weighted by atomic mass is 10.2. The number of benzene rings is 3. The smallest absolute Gasteiger partial charge is 0.268 e. The fourth-order valence-corrected chi connectivity index (χ4v) is 3.14. The Bertz CT molecular complexity index is 1310. The summed E-state index contributed by atoms with van der Waals surface area (Å²) in [5.41, 5.74) is 1.60. The monoisotopic (exact) mass is 403 g/mol. The summed E-state index contributed by atoms with van der Waals surface area (Å²) < 4.78 is 1.49. The lowest BCUT2D eigenvalue weighted by molar-refractivity contribution is -0.384. The molecule has 142 valence electrons. The summed E-state index contributed by atoms with van der Waals surface area (Å²) in [7, 11) is 0. The first-order valence-corrected chi connectivity index (χ1v) is 9.11. The number of nitro benzene ring substituents is 1. The summed E-state index contributed by atoms with van der Waals surface area (Å²) in [6.45, 7) is 0. The number of hydrogen-bond donors (Lipinski definition) is 0. The number of nitrogens with zero attached hydrogens (tertiary/aromatic N) is 3. The van der Waals surface area contributed by atoms with Crippen LogP contribution in [-0.4, -0.2) is 14.5 Å². The van der Waals surface area contributed by atoms with Crippen LogP contribution < -0.4 is 5.56 Å². The fourth-order valence-electron chi connectivity index (χ4n) is 3.01. The van der Waals surface area contributed by atoms with Crippen LogP contribution in [0.25, 0.3) is 28.7 Å². The number of aromatic nitrogens is 2. The van der Waals surface area contributed by atoms with Crippen LogP contribution >= 0.6 is 11.6 Å². The van der Waals surface area contributed by atoms with Crippen molar-refractivity contribution in [1.82, 2.24) is 9.55 Å². The Labute approximate surface area is 170 Å². The Morgan fingerprint density at radius 3 is 2.48 bits per heavy atom. The number of non-ortho nitro benzene ring substituents is 1. The van der Waals surface area contributed by atoms with Crippen LogP contribution in [0.4, 0.5) is 5.69 Å². The summed E-state index contributed by atoms with van der Waals surface area (Å²) in [6.07, 6.45) is 3.36. The van der Waals surface area contributed by atoms with E-state index in [1.54, 1.807) is 66.7 Å². The maximum atomic E-state index is 13.2. The molecule has 0 unspecified atom stereocenters. The third kappa shape index (κ3) is 3.79. The third-order valence-corrected chi connectivity index (χ3v) is 4.64. The van der Waals surface area contributed by atoms with Gasteiger partial charge in [0.1, 0.15) is 5.82 Å². The van der Waals surface area contributed by atoms with E-state index < -0.39 is 4.92 Å². The average molecular weight is 404 g/mol. The van der Waals surface area contributed by atoms with Gasteiger partial charge >= 0.3 is 0 Å². The van der Waals surface area contributed by atoms with E-state index in [0.29, 0.717) is 33.0 Å². The van der Waals surface area contributed by atoms with Crippen molar-refractivity contribution in [2.75, 3.05) is 0 Å². The zero-order valence-electron chi connectivity index (χ0n) is 15.0. The minimum atomic E-state index is -0.449. The number of halogens is 1. The molecule has 7 heteroatoms. The van der Waals surface area contributed by atoms with Crippen molar-refractivity contribution >= 4 is 40.3 Å². The Kier molecular flexibility index (Phi) is 4.93. The summed E-state index contributed by atoms with van der Waals surface area (Å²) in [6, 6.07) is 20.2. The van der Waals surface area contributed by atoms with E-state index in [0.717, 1.165) is 0 Å². The lowest BCUT2D eigenvalue weighted by Gasteiger charge is -2.11. The van der Waals surface area contributed by atoms with Crippen LogP contribution in [0.3, 0.4) is 0 Å². The molecule has 29 heavy (non-hydrogen) atoms. The highest BCUT2D eigenvalue weighted by Crippen LogP contribution is 2.19. The van der Waals surface area contributed by atoms with Crippen molar-refractivity contribution in [1.29, 1.82) is 0 Å². The van der Waals surface area contributed by atoms with E-state index in [4.69, 9.17) is 11.6 Å². The SMILES string of the molecule is O=c1c2ccccc2nc(/C=C/c2cccc([N+](=O)[O-])c2)n1-c1ccc(Cl)cc1. The molecule has 0 saturated carbocycles. The van der Waals surface area contributed by atoms with Crippen molar-refractivity contribution in [2.45, 2.75) is 0 Å². The minimum Gasteiger partial charge on any atom is -0.268 e. The van der Waals surface area contributed by atoms with Gasteiger partial charge in [0.2, 0.25) is 0 Å². The second-order valence-electron chi connectivity index (χ2n) is 6.29. The summed E-state index contributed by atoms with van der Waals surface area (Å²) in [5, 5.41) is 12.1. The van der Waals surface area contributed by atoms with E-state index in [1.165, 1.54) is 16.7 Å². The topological polar surface area (TPSA) is 78.0 Å². The molecule has 3 aromatic carbocycles. The fraction of sp³-hybridized carbons (Fsp3) is 0. The number of hydrogen-bond acceptors (Lipinski definition) is 4. The van der Waals surface area contributed by atoms with Crippen molar-refractivity contribution in [3.05, 3.63) is 110 Å². The molecule has 0 aliphatic rings. The molecule has 0 aliphatic carbocycles. The highest BCUT2D eigenvalue weighted by atomic mass is 35.5. The van der Waals surface area contributed by atoms with E-state index in [1.807, 2.05) is 6.07 Å². The third-order valence-electron chi connectivity index (χ3n) is 4.39. The van der Waals surface area contributed by atoms with Gasteiger partial charge in [-0.3, -0.25) is 19.5 Å². The maximum absolute atomic E-state index is 13.2. The molecule has 0 fully saturated rings. The second kappa shape index (κ2) is 7.69. The van der Waals surface area contributed by atoms with Crippen molar-refractivity contribution in [2.24, 2.45) is 0 Å². The Morgan fingerprint density at radius 1 is 0.966 bits per heavy atom. The predicted octanol–water partition coefficient (Wildman–Crippen LogP) is 5.12. The van der Waals surface area contributed by atoms with Crippen molar-refractivity contribution in [3.8, 4) is 5.69 Å². The van der Waals surface area contributed by atoms with Gasteiger partial charge in [-0.2, -0.15) is 0 Å². The molecule has 6 nitrogen and oxygen atoms in total. The van der Waals surface area contributed by atoms with Gasteiger partial charge in [-0.1, -0.05) is 41.9 Å². The van der Waals surface area contributed by atoms with Crippen LogP contribution in [0.2, 0.25) is 5.02 Å². The molecule has 4 aromatic rings. The van der Waals surface area contributed by atoms with Gasteiger partial charge in [0.25, 0.3) is 11.2 Å². The molecule has 0 saturated heterocycles. The van der Waals surface area contributed by atoms with Gasteiger partial charge in [0.05, 0.1) is 21.5 Å². The van der Waals surface area contributed by atoms with Gasteiger partial charge in [0, 0.05) is 17.2 Å². The summed E-state index contributed by atoms with van der Waals surface area (Å²) >= 11 is 5.98. The van der Waals surface area contributed by atoms with Crippen LogP contribution in [0.5, 0.6) is 0 Å². The first-order valence-electron chi connectivity index (χ1n) is 8.73. The number of fused-ring (bicyclic) bond motifs is 1. The standard InChI is InChI=1S/C22H14ClN3O3/c23-16-9-11-17(12-10-16)25-21(24-20-7-2-1-6-19(20)22(25)27)13-8-15-4-3-5-18(14-15)26(28)29/h1-14H/b13-8+. The molecule has 1 aromatic heterocycles. The average Bonchev–Trinajstić information content (AvgIpc) is 2.73.